The van der Waals surface area contributed by atoms with Crippen LogP contribution in [0.1, 0.15) is 40.5 Å². The zero-order valence-electron chi connectivity index (χ0n) is 20.2. The van der Waals surface area contributed by atoms with Crippen molar-refractivity contribution in [1.29, 1.82) is 0 Å². The van der Waals surface area contributed by atoms with Crippen LogP contribution in [0.3, 0.4) is 0 Å². The molecule has 8 nitrogen and oxygen atoms in total. The van der Waals surface area contributed by atoms with Crippen molar-refractivity contribution in [1.82, 2.24) is 9.47 Å². The Morgan fingerprint density at radius 2 is 1.61 bits per heavy atom. The van der Waals surface area contributed by atoms with Crippen molar-refractivity contribution in [2.24, 2.45) is 0 Å². The van der Waals surface area contributed by atoms with Gasteiger partial charge in [-0.15, -0.1) is 0 Å². The van der Waals surface area contributed by atoms with E-state index in [4.69, 9.17) is 0 Å². The van der Waals surface area contributed by atoms with Gasteiger partial charge in [0.1, 0.15) is 18.4 Å². The number of amides is 2. The molecule has 0 bridgehead atoms. The molecule has 1 aliphatic heterocycles. The predicted molar refractivity (Wildman–Crippen MR) is 139 cm³/mol. The number of anilines is 1. The van der Waals surface area contributed by atoms with Crippen molar-refractivity contribution >= 4 is 23.2 Å². The molecule has 1 saturated carbocycles. The summed E-state index contributed by atoms with van der Waals surface area (Å²) in [5.74, 6) is -0.990. The Morgan fingerprint density at radius 3 is 2.26 bits per heavy atom. The van der Waals surface area contributed by atoms with E-state index in [1.807, 2.05) is 47.2 Å². The maximum Gasteiger partial charge on any atom is 0.269 e. The Balaban J connectivity index is 1.37. The average Bonchev–Trinajstić information content (AvgIpc) is 3.66. The molecular formula is C29H23FN4O4. The lowest BCUT2D eigenvalue weighted by Gasteiger charge is -2.39. The minimum Gasteiger partial charge on any atom is -0.326 e. The molecule has 1 atom stereocenters. The number of hydrogen-bond donors (Lipinski definition) is 0. The molecule has 3 aromatic carbocycles. The first-order valence-corrected chi connectivity index (χ1v) is 12.3. The number of carbonyl (C=O) groups is 2. The van der Waals surface area contributed by atoms with E-state index in [1.165, 1.54) is 36.4 Å². The molecule has 1 aromatic heterocycles. The molecule has 9 heteroatoms. The number of halogens is 1. The van der Waals surface area contributed by atoms with Crippen LogP contribution in [0.4, 0.5) is 15.8 Å². The van der Waals surface area contributed by atoms with Crippen LogP contribution >= 0.6 is 0 Å². The Bertz CT molecular complexity index is 1540. The van der Waals surface area contributed by atoms with Gasteiger partial charge < -0.3 is 9.47 Å². The molecule has 1 unspecified atom stereocenters. The largest absolute Gasteiger partial charge is 0.326 e. The maximum absolute atomic E-state index is 14.1. The Hall–Kier alpha value is -4.79. The van der Waals surface area contributed by atoms with E-state index in [0.29, 0.717) is 11.3 Å². The number of non-ortho nitro benzene ring substituents is 1. The minimum absolute atomic E-state index is 0.0743. The van der Waals surface area contributed by atoms with Gasteiger partial charge in [0.2, 0.25) is 5.91 Å². The van der Waals surface area contributed by atoms with Crippen LogP contribution in [-0.4, -0.2) is 38.8 Å². The summed E-state index contributed by atoms with van der Waals surface area (Å²) in [6, 6.07) is 22.3. The summed E-state index contributed by atoms with van der Waals surface area (Å²) in [6.45, 7) is -0.159. The summed E-state index contributed by atoms with van der Waals surface area (Å²) in [5, 5.41) is 11.0. The summed E-state index contributed by atoms with van der Waals surface area (Å²) in [4.78, 5) is 41.3. The second-order valence-electron chi connectivity index (χ2n) is 9.48. The first kappa shape index (κ1) is 23.6. The fraction of sp³-hybridized carbons (Fsp3) is 0.172. The molecule has 6 rings (SSSR count). The number of benzene rings is 3. The van der Waals surface area contributed by atoms with Crippen molar-refractivity contribution in [2.45, 2.75) is 24.9 Å². The lowest BCUT2D eigenvalue weighted by molar-refractivity contribution is -0.384. The highest BCUT2D eigenvalue weighted by Gasteiger charge is 2.40. The van der Waals surface area contributed by atoms with Crippen LogP contribution in [0.15, 0.2) is 91.1 Å². The molecule has 0 spiro atoms. The number of para-hydroxylation sites is 2. The second kappa shape index (κ2) is 9.26. The monoisotopic (exact) mass is 510 g/mol. The molecule has 0 radical (unpaired) electrons. The molecule has 1 fully saturated rings. The van der Waals surface area contributed by atoms with Crippen molar-refractivity contribution in [3.05, 3.63) is 124 Å². The van der Waals surface area contributed by atoms with Gasteiger partial charge in [-0.05, 0) is 66.9 Å². The number of fused-ring (bicyclic) bond motifs is 3. The molecule has 1 aliphatic carbocycles. The van der Waals surface area contributed by atoms with Gasteiger partial charge in [0, 0.05) is 29.9 Å². The molecule has 0 saturated heterocycles. The lowest BCUT2D eigenvalue weighted by atomic mass is 9.97. The van der Waals surface area contributed by atoms with E-state index in [1.54, 1.807) is 21.9 Å². The third-order valence-corrected chi connectivity index (χ3v) is 7.05. The molecule has 190 valence electrons. The molecule has 2 heterocycles. The zero-order valence-corrected chi connectivity index (χ0v) is 20.2. The fourth-order valence-corrected chi connectivity index (χ4v) is 5.09. The number of rotatable bonds is 6. The SMILES string of the molecule is O=C(c1ccc([N+](=O)[O-])cc1)N(CC(=O)N1c2ccccc2-n2cccc2C1c1ccc(F)cc1)C1CC1. The molecule has 2 aliphatic rings. The second-order valence-corrected chi connectivity index (χ2v) is 9.48. The fourth-order valence-electron chi connectivity index (χ4n) is 5.09. The van der Waals surface area contributed by atoms with E-state index < -0.39 is 11.0 Å². The predicted octanol–water partition coefficient (Wildman–Crippen LogP) is 5.27. The number of carbonyl (C=O) groups excluding carboxylic acids is 2. The normalized spacial score (nSPS) is 15.9. The Labute approximate surface area is 217 Å². The highest BCUT2D eigenvalue weighted by molar-refractivity contribution is 6.03. The summed E-state index contributed by atoms with van der Waals surface area (Å²) in [7, 11) is 0. The Kier molecular flexibility index (Phi) is 5.75. The number of nitro groups is 1. The van der Waals surface area contributed by atoms with Gasteiger partial charge in [-0.3, -0.25) is 24.6 Å². The van der Waals surface area contributed by atoms with Crippen LogP contribution in [0.2, 0.25) is 0 Å². The van der Waals surface area contributed by atoms with Gasteiger partial charge >= 0.3 is 0 Å². The number of nitro benzene ring substituents is 1. The highest BCUT2D eigenvalue weighted by atomic mass is 19.1. The van der Waals surface area contributed by atoms with Gasteiger partial charge in [0.25, 0.3) is 11.6 Å². The van der Waals surface area contributed by atoms with Crippen molar-refractivity contribution < 1.29 is 18.9 Å². The van der Waals surface area contributed by atoms with Gasteiger partial charge in [0.15, 0.2) is 0 Å². The summed E-state index contributed by atoms with van der Waals surface area (Å²) < 4.78 is 15.8. The Morgan fingerprint density at radius 1 is 0.921 bits per heavy atom. The summed E-state index contributed by atoms with van der Waals surface area (Å²) >= 11 is 0. The van der Waals surface area contributed by atoms with E-state index in [0.717, 1.165) is 29.8 Å². The first-order chi connectivity index (χ1) is 18.4. The van der Waals surface area contributed by atoms with Crippen molar-refractivity contribution in [3.63, 3.8) is 0 Å². The summed E-state index contributed by atoms with van der Waals surface area (Å²) in [5.41, 5.74) is 3.30. The molecule has 2 amide bonds. The van der Waals surface area contributed by atoms with Gasteiger partial charge in [-0.25, -0.2) is 4.39 Å². The lowest BCUT2D eigenvalue weighted by Crippen LogP contribution is -2.47. The van der Waals surface area contributed by atoms with Crippen LogP contribution in [0, 0.1) is 15.9 Å². The number of hydrogen-bond acceptors (Lipinski definition) is 4. The van der Waals surface area contributed by atoms with E-state index in [-0.39, 0.29) is 35.9 Å². The minimum atomic E-state index is -0.525. The van der Waals surface area contributed by atoms with Gasteiger partial charge in [0.05, 0.1) is 22.0 Å². The zero-order chi connectivity index (χ0) is 26.4. The third-order valence-electron chi connectivity index (χ3n) is 7.05. The summed E-state index contributed by atoms with van der Waals surface area (Å²) in [6.07, 6.45) is 3.50. The molecule has 0 N–H and O–H groups in total. The standard InChI is InChI=1S/C29H23FN4O4/c30-21-11-7-19(8-12-21)28-26-6-3-17-31(26)24-4-1-2-5-25(24)33(28)27(35)18-32(22-15-16-22)29(36)20-9-13-23(14-10-20)34(37)38/h1-14,17,22,28H,15-16,18H2. The van der Waals surface area contributed by atoms with Crippen LogP contribution < -0.4 is 4.90 Å². The molecule has 38 heavy (non-hydrogen) atoms. The van der Waals surface area contributed by atoms with E-state index in [9.17, 15) is 24.1 Å². The quantitative estimate of drug-likeness (QED) is 0.261. The topological polar surface area (TPSA) is 88.7 Å². The van der Waals surface area contributed by atoms with Crippen LogP contribution in [0.5, 0.6) is 0 Å². The van der Waals surface area contributed by atoms with Gasteiger partial charge in [-0.2, -0.15) is 0 Å². The van der Waals surface area contributed by atoms with Crippen LogP contribution in [-0.2, 0) is 4.79 Å². The number of nitrogens with zero attached hydrogens (tertiary/aromatic N) is 4. The highest BCUT2D eigenvalue weighted by Crippen LogP contribution is 2.42. The van der Waals surface area contributed by atoms with Crippen molar-refractivity contribution in [3.8, 4) is 5.69 Å². The smallest absolute Gasteiger partial charge is 0.269 e. The van der Waals surface area contributed by atoms with Crippen molar-refractivity contribution in [2.75, 3.05) is 11.4 Å². The molecular weight excluding hydrogens is 487 g/mol. The average molecular weight is 511 g/mol. The number of aromatic nitrogens is 1. The van der Waals surface area contributed by atoms with Crippen LogP contribution in [0.25, 0.3) is 5.69 Å². The molecule has 4 aromatic rings. The van der Waals surface area contributed by atoms with E-state index in [2.05, 4.69) is 0 Å². The van der Waals surface area contributed by atoms with Gasteiger partial charge in [-0.1, -0.05) is 24.3 Å². The first-order valence-electron chi connectivity index (χ1n) is 12.3. The third kappa shape index (κ3) is 4.11. The van der Waals surface area contributed by atoms with E-state index >= 15 is 0 Å². The maximum atomic E-state index is 14.1.